The highest BCUT2D eigenvalue weighted by atomic mass is 17.3. The van der Waals surface area contributed by atoms with Crippen molar-refractivity contribution in [3.8, 4) is 17.0 Å². The smallest absolute Gasteiger partial charge is 0.261 e. The summed E-state index contributed by atoms with van der Waals surface area (Å²) >= 11 is 0. The van der Waals surface area contributed by atoms with E-state index in [2.05, 4.69) is 86.9 Å². The summed E-state index contributed by atoms with van der Waals surface area (Å²) in [5.74, 6) is -0.918. The molecule has 2 aliphatic heterocycles. The summed E-state index contributed by atoms with van der Waals surface area (Å²) in [5.41, 5.74) is 1.82. The van der Waals surface area contributed by atoms with E-state index < -0.39 is 11.4 Å². The van der Waals surface area contributed by atoms with Crippen LogP contribution in [-0.4, -0.2) is 27.1 Å². The Morgan fingerprint density at radius 3 is 2.00 bits per heavy atom. The molecule has 0 radical (unpaired) electrons. The van der Waals surface area contributed by atoms with Gasteiger partial charge in [-0.3, -0.25) is 4.68 Å². The Labute approximate surface area is 198 Å². The van der Waals surface area contributed by atoms with Gasteiger partial charge in [0.2, 0.25) is 0 Å². The molecule has 2 unspecified atom stereocenters. The number of ether oxygens (including phenoxy) is 1. The minimum Gasteiger partial charge on any atom is -0.507 e. The number of phenols is 1. The number of phenolic OH excluding ortho intramolecular Hbond substituents is 1. The molecule has 0 spiro atoms. The number of fused-ring (bicyclic) bond motifs is 1. The number of benzene rings is 1. The SMILES string of the molecule is CC(C)(C)c1cc(-c2ccc(C34OCC(C)(C)C3(C(C)(C)C)OO4)cc2O)nn1C(C)(C)C. The summed E-state index contributed by atoms with van der Waals surface area (Å²) in [7, 11) is 0. The molecule has 0 amide bonds. The third kappa shape index (κ3) is 3.21. The van der Waals surface area contributed by atoms with Crippen LogP contribution in [0.4, 0.5) is 0 Å². The molecule has 1 aromatic carbocycles. The van der Waals surface area contributed by atoms with Crippen LogP contribution in [0.3, 0.4) is 0 Å². The minimum absolute atomic E-state index is 0.0836. The van der Waals surface area contributed by atoms with Gasteiger partial charge >= 0.3 is 0 Å². The zero-order chi connectivity index (χ0) is 24.8. The zero-order valence-corrected chi connectivity index (χ0v) is 22.1. The largest absolute Gasteiger partial charge is 0.507 e. The van der Waals surface area contributed by atoms with Crippen LogP contribution in [0.15, 0.2) is 24.3 Å². The number of nitrogens with zero attached hydrogens (tertiary/aromatic N) is 2. The molecule has 2 aromatic rings. The molecule has 2 fully saturated rings. The van der Waals surface area contributed by atoms with Gasteiger partial charge < -0.3 is 9.84 Å². The van der Waals surface area contributed by atoms with E-state index in [0.29, 0.717) is 12.2 Å². The van der Waals surface area contributed by atoms with Crippen molar-refractivity contribution in [3.05, 3.63) is 35.5 Å². The van der Waals surface area contributed by atoms with Crippen molar-refractivity contribution in [1.82, 2.24) is 9.78 Å². The summed E-state index contributed by atoms with van der Waals surface area (Å²) in [5, 5.41) is 16.0. The average molecular weight is 457 g/mol. The highest BCUT2D eigenvalue weighted by Gasteiger charge is 2.81. The van der Waals surface area contributed by atoms with E-state index in [1.807, 2.05) is 12.1 Å². The molecule has 3 heterocycles. The summed E-state index contributed by atoms with van der Waals surface area (Å²) in [6.45, 7) is 24.2. The lowest BCUT2D eigenvalue weighted by Gasteiger charge is -2.61. The maximum atomic E-state index is 11.2. The first-order valence-corrected chi connectivity index (χ1v) is 11.8. The molecule has 2 aliphatic rings. The second kappa shape index (κ2) is 6.83. The molecule has 182 valence electrons. The van der Waals surface area contributed by atoms with Crippen LogP contribution in [0.5, 0.6) is 5.75 Å². The molecule has 0 aliphatic carbocycles. The molecular weight excluding hydrogens is 416 g/mol. The summed E-state index contributed by atoms with van der Waals surface area (Å²) < 4.78 is 8.37. The number of rotatable bonds is 2. The van der Waals surface area contributed by atoms with Gasteiger partial charge in [0.05, 0.1) is 17.8 Å². The Kier molecular flexibility index (Phi) is 5.02. The molecule has 6 heteroatoms. The van der Waals surface area contributed by atoms with Gasteiger partial charge in [-0.25, -0.2) is 4.89 Å². The van der Waals surface area contributed by atoms with Gasteiger partial charge in [-0.05, 0) is 39.0 Å². The van der Waals surface area contributed by atoms with Crippen molar-refractivity contribution in [2.75, 3.05) is 6.61 Å². The van der Waals surface area contributed by atoms with Gasteiger partial charge in [0.15, 0.2) is 5.60 Å². The van der Waals surface area contributed by atoms with Crippen LogP contribution < -0.4 is 0 Å². The topological polar surface area (TPSA) is 65.7 Å². The summed E-state index contributed by atoms with van der Waals surface area (Å²) in [6.07, 6.45) is 0. The van der Waals surface area contributed by atoms with Gasteiger partial charge in [0, 0.05) is 33.1 Å². The predicted molar refractivity (Wildman–Crippen MR) is 129 cm³/mol. The van der Waals surface area contributed by atoms with E-state index in [-0.39, 0.29) is 27.5 Å². The predicted octanol–water partition coefficient (Wildman–Crippen LogP) is 6.26. The maximum Gasteiger partial charge on any atom is 0.261 e. The van der Waals surface area contributed by atoms with Gasteiger partial charge in [0.1, 0.15) is 5.75 Å². The molecule has 0 saturated carbocycles. The van der Waals surface area contributed by atoms with E-state index >= 15 is 0 Å². The Bertz CT molecular complexity index is 1050. The first kappa shape index (κ1) is 24.2. The van der Waals surface area contributed by atoms with Crippen LogP contribution in [0.25, 0.3) is 11.3 Å². The van der Waals surface area contributed by atoms with Crippen LogP contribution >= 0.6 is 0 Å². The quantitative estimate of drug-likeness (QED) is 0.540. The van der Waals surface area contributed by atoms with Crippen molar-refractivity contribution in [2.24, 2.45) is 10.8 Å². The highest BCUT2D eigenvalue weighted by Crippen LogP contribution is 2.69. The Hall–Kier alpha value is -1.89. The van der Waals surface area contributed by atoms with Crippen LogP contribution in [0.2, 0.25) is 0 Å². The minimum atomic E-state index is -1.06. The van der Waals surface area contributed by atoms with Crippen LogP contribution in [-0.2, 0) is 31.3 Å². The van der Waals surface area contributed by atoms with E-state index in [4.69, 9.17) is 19.6 Å². The highest BCUT2D eigenvalue weighted by molar-refractivity contribution is 5.68. The maximum absolute atomic E-state index is 11.2. The van der Waals surface area contributed by atoms with Gasteiger partial charge in [-0.15, -0.1) is 0 Å². The van der Waals surface area contributed by atoms with Gasteiger partial charge in [-0.1, -0.05) is 61.5 Å². The van der Waals surface area contributed by atoms with Crippen molar-refractivity contribution in [1.29, 1.82) is 0 Å². The first-order chi connectivity index (χ1) is 14.9. The Morgan fingerprint density at radius 1 is 0.939 bits per heavy atom. The molecule has 4 rings (SSSR count). The number of hydrogen-bond donors (Lipinski definition) is 1. The third-order valence-electron chi connectivity index (χ3n) is 7.16. The normalized spacial score (nSPS) is 27.4. The third-order valence-corrected chi connectivity index (χ3v) is 7.16. The van der Waals surface area contributed by atoms with Crippen molar-refractivity contribution in [3.63, 3.8) is 0 Å². The molecule has 2 saturated heterocycles. The fraction of sp³-hybridized carbons (Fsp3) is 0.667. The monoisotopic (exact) mass is 456 g/mol. The summed E-state index contributed by atoms with van der Waals surface area (Å²) in [4.78, 5) is 11.7. The standard InChI is InChI=1S/C27H40N2O4/c1-22(2,3)21-15-19(28-29(21)24(7,8)9)18-13-12-17(14-20(18)30)26-27(33-32-26,23(4,5)6)25(10,11)16-31-26/h12-15,30H,16H2,1-11H3. The fourth-order valence-corrected chi connectivity index (χ4v) is 5.75. The second-order valence-corrected chi connectivity index (χ2v) is 13.4. The van der Waals surface area contributed by atoms with Crippen LogP contribution in [0, 0.1) is 10.8 Å². The van der Waals surface area contributed by atoms with Gasteiger partial charge in [0.25, 0.3) is 5.79 Å². The molecule has 33 heavy (non-hydrogen) atoms. The van der Waals surface area contributed by atoms with E-state index in [1.165, 1.54) is 0 Å². The lowest BCUT2D eigenvalue weighted by Crippen LogP contribution is -2.72. The number of aromatic hydroxyl groups is 1. The lowest BCUT2D eigenvalue weighted by molar-refractivity contribution is -0.626. The van der Waals surface area contributed by atoms with Crippen LogP contribution in [0.1, 0.15) is 87.4 Å². The Balaban J connectivity index is 1.81. The average Bonchev–Trinajstić information content (AvgIpc) is 3.11. The van der Waals surface area contributed by atoms with Gasteiger partial charge in [-0.2, -0.15) is 9.99 Å². The van der Waals surface area contributed by atoms with Crippen molar-refractivity contribution in [2.45, 2.75) is 98.5 Å². The first-order valence-electron chi connectivity index (χ1n) is 11.8. The van der Waals surface area contributed by atoms with E-state index in [0.717, 1.165) is 17.0 Å². The molecule has 1 N–H and O–H groups in total. The van der Waals surface area contributed by atoms with Crippen molar-refractivity contribution >= 4 is 0 Å². The molecule has 2 atom stereocenters. The summed E-state index contributed by atoms with van der Waals surface area (Å²) in [6, 6.07) is 7.69. The molecule has 6 nitrogen and oxygen atoms in total. The second-order valence-electron chi connectivity index (χ2n) is 13.4. The van der Waals surface area contributed by atoms with E-state index in [9.17, 15) is 5.11 Å². The molecule has 0 bridgehead atoms. The molecule has 1 aromatic heterocycles. The van der Waals surface area contributed by atoms with E-state index in [1.54, 1.807) is 6.07 Å². The molecular formula is C27H40N2O4. The number of aromatic nitrogens is 2. The zero-order valence-electron chi connectivity index (χ0n) is 22.1. The number of hydrogen-bond acceptors (Lipinski definition) is 5. The fourth-order valence-electron chi connectivity index (χ4n) is 5.75. The van der Waals surface area contributed by atoms with Crippen molar-refractivity contribution < 1.29 is 19.6 Å². The Morgan fingerprint density at radius 2 is 1.58 bits per heavy atom. The lowest BCUT2D eigenvalue weighted by atomic mass is 9.57.